The zero-order valence-corrected chi connectivity index (χ0v) is 15.4. The van der Waals surface area contributed by atoms with Crippen LogP contribution in [0, 0.1) is 0 Å². The molecule has 1 aliphatic heterocycles. The van der Waals surface area contributed by atoms with Crippen LogP contribution < -0.4 is 5.32 Å². The van der Waals surface area contributed by atoms with Gasteiger partial charge in [-0.15, -0.1) is 0 Å². The molecule has 3 aromatic rings. The van der Waals surface area contributed by atoms with Crippen LogP contribution in [-0.2, 0) is 0 Å². The first-order valence-electron chi connectivity index (χ1n) is 9.62. The highest BCUT2D eigenvalue weighted by Gasteiger charge is 2.23. The number of likely N-dealkylation sites (tertiary alicyclic amines) is 1. The lowest BCUT2D eigenvalue weighted by atomic mass is 10.1. The van der Waals surface area contributed by atoms with Crippen molar-refractivity contribution in [1.82, 2.24) is 14.8 Å². The van der Waals surface area contributed by atoms with Crippen LogP contribution in [0.3, 0.4) is 0 Å². The lowest BCUT2D eigenvalue weighted by Crippen LogP contribution is -2.36. The van der Waals surface area contributed by atoms with Gasteiger partial charge in [0, 0.05) is 30.2 Å². The molecule has 1 aliphatic rings. The van der Waals surface area contributed by atoms with Gasteiger partial charge in [0.1, 0.15) is 0 Å². The Hall–Kier alpha value is -2.85. The normalized spacial score (nSPS) is 15.6. The monoisotopic (exact) mass is 359 g/mol. The molecular formula is C23H25N3O. The average molecular weight is 359 g/mol. The maximum absolute atomic E-state index is 12.7. The highest BCUT2D eigenvalue weighted by Crippen LogP contribution is 2.24. The largest absolute Gasteiger partial charge is 0.350 e. The maximum Gasteiger partial charge on any atom is 0.251 e. The molecule has 0 bridgehead atoms. The summed E-state index contributed by atoms with van der Waals surface area (Å²) in [5, 5.41) is 3.14. The van der Waals surface area contributed by atoms with Crippen molar-refractivity contribution >= 4 is 5.91 Å². The number of rotatable bonds is 6. The molecule has 1 unspecified atom stereocenters. The Labute approximate surface area is 160 Å². The van der Waals surface area contributed by atoms with Gasteiger partial charge < -0.3 is 9.88 Å². The summed E-state index contributed by atoms with van der Waals surface area (Å²) in [6, 6.07) is 22.4. The van der Waals surface area contributed by atoms with Gasteiger partial charge in [0.05, 0.1) is 6.04 Å². The molecule has 1 fully saturated rings. The molecule has 1 saturated heterocycles. The summed E-state index contributed by atoms with van der Waals surface area (Å²) in [4.78, 5) is 15.1. The van der Waals surface area contributed by atoms with E-state index in [-0.39, 0.29) is 11.9 Å². The number of hydrogen-bond donors (Lipinski definition) is 1. The SMILES string of the molecule is O=C(NCC(c1ccccc1)N1CCCC1)c1ccc(-n2cccc2)cc1. The fourth-order valence-corrected chi connectivity index (χ4v) is 3.77. The number of nitrogens with one attached hydrogen (secondary N) is 1. The molecule has 1 atom stereocenters. The van der Waals surface area contributed by atoms with Crippen LogP contribution in [-0.4, -0.2) is 35.0 Å². The van der Waals surface area contributed by atoms with Gasteiger partial charge in [-0.05, 0) is 67.9 Å². The second-order valence-corrected chi connectivity index (χ2v) is 7.02. The van der Waals surface area contributed by atoms with E-state index in [0.717, 1.165) is 18.8 Å². The van der Waals surface area contributed by atoms with E-state index in [2.05, 4.69) is 34.5 Å². The second-order valence-electron chi connectivity index (χ2n) is 7.02. The van der Waals surface area contributed by atoms with E-state index in [4.69, 9.17) is 0 Å². The summed E-state index contributed by atoms with van der Waals surface area (Å²) < 4.78 is 2.03. The zero-order valence-electron chi connectivity index (χ0n) is 15.4. The molecule has 4 rings (SSSR count). The molecule has 27 heavy (non-hydrogen) atoms. The van der Waals surface area contributed by atoms with Crippen LogP contribution in [0.4, 0.5) is 0 Å². The van der Waals surface area contributed by atoms with Crippen LogP contribution in [0.25, 0.3) is 5.69 Å². The van der Waals surface area contributed by atoms with Gasteiger partial charge >= 0.3 is 0 Å². The molecule has 1 amide bonds. The van der Waals surface area contributed by atoms with Crippen molar-refractivity contribution in [2.75, 3.05) is 19.6 Å². The first-order chi connectivity index (χ1) is 13.3. The van der Waals surface area contributed by atoms with E-state index in [1.54, 1.807) is 0 Å². The molecule has 4 heteroatoms. The fourth-order valence-electron chi connectivity index (χ4n) is 3.77. The van der Waals surface area contributed by atoms with Gasteiger partial charge in [0.25, 0.3) is 5.91 Å². The van der Waals surface area contributed by atoms with E-state index < -0.39 is 0 Å². The van der Waals surface area contributed by atoms with Crippen LogP contribution >= 0.6 is 0 Å². The number of benzene rings is 2. The molecule has 4 nitrogen and oxygen atoms in total. The Kier molecular flexibility index (Phi) is 5.35. The van der Waals surface area contributed by atoms with E-state index in [9.17, 15) is 4.79 Å². The third kappa shape index (κ3) is 4.12. The minimum Gasteiger partial charge on any atom is -0.350 e. The molecule has 2 heterocycles. The predicted molar refractivity (Wildman–Crippen MR) is 108 cm³/mol. The van der Waals surface area contributed by atoms with Crippen molar-refractivity contribution in [1.29, 1.82) is 0 Å². The fraction of sp³-hybridized carbons (Fsp3) is 0.261. The summed E-state index contributed by atoms with van der Waals surface area (Å²) in [5.41, 5.74) is 3.01. The molecule has 0 saturated carbocycles. The van der Waals surface area contributed by atoms with Crippen LogP contribution in [0.1, 0.15) is 34.8 Å². The summed E-state index contributed by atoms with van der Waals surface area (Å²) in [6.45, 7) is 2.82. The lowest BCUT2D eigenvalue weighted by Gasteiger charge is -2.28. The van der Waals surface area contributed by atoms with Crippen LogP contribution in [0.2, 0.25) is 0 Å². The number of carbonyl (C=O) groups is 1. The summed E-state index contributed by atoms with van der Waals surface area (Å²) >= 11 is 0. The molecule has 0 aliphatic carbocycles. The Morgan fingerprint density at radius 3 is 2.22 bits per heavy atom. The van der Waals surface area contributed by atoms with Crippen molar-refractivity contribution in [2.45, 2.75) is 18.9 Å². The van der Waals surface area contributed by atoms with Crippen molar-refractivity contribution in [2.24, 2.45) is 0 Å². The smallest absolute Gasteiger partial charge is 0.251 e. The van der Waals surface area contributed by atoms with E-state index in [1.807, 2.05) is 59.4 Å². The molecule has 0 radical (unpaired) electrons. The Morgan fingerprint density at radius 2 is 1.56 bits per heavy atom. The Morgan fingerprint density at radius 1 is 0.889 bits per heavy atom. The van der Waals surface area contributed by atoms with Gasteiger partial charge in [-0.2, -0.15) is 0 Å². The zero-order chi connectivity index (χ0) is 18.5. The Balaban J connectivity index is 1.43. The molecule has 0 spiro atoms. The lowest BCUT2D eigenvalue weighted by molar-refractivity contribution is 0.0938. The summed E-state index contributed by atoms with van der Waals surface area (Å²) in [7, 11) is 0. The van der Waals surface area contributed by atoms with Crippen molar-refractivity contribution < 1.29 is 4.79 Å². The van der Waals surface area contributed by atoms with Crippen LogP contribution in [0.5, 0.6) is 0 Å². The quantitative estimate of drug-likeness (QED) is 0.721. The third-order valence-corrected chi connectivity index (χ3v) is 5.25. The van der Waals surface area contributed by atoms with Gasteiger partial charge in [-0.3, -0.25) is 9.69 Å². The van der Waals surface area contributed by atoms with Crippen LogP contribution in [0.15, 0.2) is 79.1 Å². The molecule has 1 N–H and O–H groups in total. The second kappa shape index (κ2) is 8.23. The van der Waals surface area contributed by atoms with Gasteiger partial charge in [0.2, 0.25) is 0 Å². The predicted octanol–water partition coefficient (Wildman–Crippen LogP) is 4.04. The first-order valence-corrected chi connectivity index (χ1v) is 9.62. The summed E-state index contributed by atoms with van der Waals surface area (Å²) in [5.74, 6) is -0.0193. The number of aromatic nitrogens is 1. The number of amides is 1. The van der Waals surface area contributed by atoms with Crippen molar-refractivity contribution in [3.8, 4) is 5.69 Å². The summed E-state index contributed by atoms with van der Waals surface area (Å²) in [6.07, 6.45) is 6.46. The van der Waals surface area contributed by atoms with Crippen molar-refractivity contribution in [3.63, 3.8) is 0 Å². The minimum atomic E-state index is -0.0193. The van der Waals surface area contributed by atoms with E-state index in [1.165, 1.54) is 18.4 Å². The molecule has 138 valence electrons. The average Bonchev–Trinajstić information content (AvgIpc) is 3.43. The highest BCUT2D eigenvalue weighted by molar-refractivity contribution is 5.94. The highest BCUT2D eigenvalue weighted by atomic mass is 16.1. The molecular weight excluding hydrogens is 334 g/mol. The van der Waals surface area contributed by atoms with Crippen molar-refractivity contribution in [3.05, 3.63) is 90.3 Å². The molecule has 2 aromatic carbocycles. The van der Waals surface area contributed by atoms with E-state index >= 15 is 0 Å². The third-order valence-electron chi connectivity index (χ3n) is 5.25. The minimum absolute atomic E-state index is 0.0193. The number of nitrogens with zero attached hydrogens (tertiary/aromatic N) is 2. The van der Waals surface area contributed by atoms with E-state index in [0.29, 0.717) is 12.1 Å². The van der Waals surface area contributed by atoms with Gasteiger partial charge in [-0.25, -0.2) is 0 Å². The van der Waals surface area contributed by atoms with Gasteiger partial charge in [0.15, 0.2) is 0 Å². The molecule has 1 aromatic heterocycles. The maximum atomic E-state index is 12.7. The topological polar surface area (TPSA) is 37.3 Å². The van der Waals surface area contributed by atoms with Gasteiger partial charge in [-0.1, -0.05) is 30.3 Å². The Bertz CT molecular complexity index is 850. The number of carbonyl (C=O) groups excluding carboxylic acids is 1. The first kappa shape index (κ1) is 17.6. The number of hydrogen-bond acceptors (Lipinski definition) is 2. The standard InChI is InChI=1S/C23H25N3O/c27-23(20-10-12-21(13-11-20)25-14-4-5-15-25)24-18-22(26-16-6-7-17-26)19-8-2-1-3-9-19/h1-5,8-15,22H,6-7,16-18H2,(H,24,27).